The molecule has 1 aliphatic heterocycles. The average molecular weight is 377 g/mol. The van der Waals surface area contributed by atoms with Gasteiger partial charge in [0.2, 0.25) is 10.0 Å². The van der Waals surface area contributed by atoms with E-state index in [4.69, 9.17) is 26.8 Å². The van der Waals surface area contributed by atoms with Crippen LogP contribution in [0, 0.1) is 0 Å². The van der Waals surface area contributed by atoms with Crippen LogP contribution < -0.4 is 15.2 Å². The van der Waals surface area contributed by atoms with Gasteiger partial charge in [-0.1, -0.05) is 11.6 Å². The van der Waals surface area contributed by atoms with Crippen molar-refractivity contribution in [3.05, 3.63) is 23.2 Å². The van der Waals surface area contributed by atoms with Crippen molar-refractivity contribution < 1.29 is 17.9 Å². The highest BCUT2D eigenvalue weighted by atomic mass is 35.5. The highest BCUT2D eigenvalue weighted by Gasteiger charge is 2.22. The van der Waals surface area contributed by atoms with Gasteiger partial charge in [-0.15, -0.1) is 0 Å². The molecule has 0 saturated carbocycles. The number of sulfonamides is 1. The second kappa shape index (κ2) is 9.01. The van der Waals surface area contributed by atoms with E-state index in [0.29, 0.717) is 18.1 Å². The molecule has 8 heteroatoms. The van der Waals surface area contributed by atoms with Gasteiger partial charge in [0.25, 0.3) is 0 Å². The fourth-order valence-electron chi connectivity index (χ4n) is 2.43. The molecule has 1 saturated heterocycles. The zero-order valence-electron chi connectivity index (χ0n) is 13.8. The molecule has 0 radical (unpaired) electrons. The maximum absolute atomic E-state index is 12.5. The molecule has 2 atom stereocenters. The normalized spacial score (nSPS) is 19.9. The maximum atomic E-state index is 12.5. The summed E-state index contributed by atoms with van der Waals surface area (Å²) in [5.74, 6) is 0.280. The Morgan fingerprint density at radius 2 is 2.25 bits per heavy atom. The molecule has 1 aromatic rings. The Hall–Kier alpha value is -0.860. The zero-order valence-corrected chi connectivity index (χ0v) is 15.4. The van der Waals surface area contributed by atoms with Crippen molar-refractivity contribution in [2.45, 2.75) is 49.6 Å². The first-order chi connectivity index (χ1) is 11.4. The SMILES string of the molecule is CC(N)CCNS(=O)(=O)c1cc(Cl)ccc1OCC1CCCCO1. The summed E-state index contributed by atoms with van der Waals surface area (Å²) in [6.07, 6.45) is 3.61. The predicted molar refractivity (Wildman–Crippen MR) is 94.0 cm³/mol. The molecule has 1 fully saturated rings. The number of nitrogens with two attached hydrogens (primary N) is 1. The number of nitrogens with one attached hydrogen (secondary N) is 1. The van der Waals surface area contributed by atoms with E-state index in [1.165, 1.54) is 6.07 Å². The van der Waals surface area contributed by atoms with Crippen LogP contribution in [0.25, 0.3) is 0 Å². The molecule has 1 heterocycles. The second-order valence-corrected chi connectivity index (χ2v) is 8.23. The molecule has 0 amide bonds. The third kappa shape index (κ3) is 5.89. The van der Waals surface area contributed by atoms with Crippen molar-refractivity contribution in [3.8, 4) is 5.75 Å². The van der Waals surface area contributed by atoms with Gasteiger partial charge in [-0.05, 0) is 50.8 Å². The van der Waals surface area contributed by atoms with Crippen molar-refractivity contribution >= 4 is 21.6 Å². The van der Waals surface area contributed by atoms with Gasteiger partial charge in [0.1, 0.15) is 17.3 Å². The van der Waals surface area contributed by atoms with Gasteiger partial charge >= 0.3 is 0 Å². The lowest BCUT2D eigenvalue weighted by atomic mass is 10.1. The molecule has 0 spiro atoms. The lowest BCUT2D eigenvalue weighted by Crippen LogP contribution is -2.30. The molecule has 1 aliphatic rings. The summed E-state index contributed by atoms with van der Waals surface area (Å²) in [4.78, 5) is 0.0375. The third-order valence-corrected chi connectivity index (χ3v) is 5.50. The quantitative estimate of drug-likeness (QED) is 0.726. The number of ether oxygens (including phenoxy) is 2. The number of benzene rings is 1. The lowest BCUT2D eigenvalue weighted by Gasteiger charge is -2.23. The van der Waals surface area contributed by atoms with E-state index in [2.05, 4.69) is 4.72 Å². The van der Waals surface area contributed by atoms with E-state index in [9.17, 15) is 8.42 Å². The van der Waals surface area contributed by atoms with Gasteiger partial charge in [-0.3, -0.25) is 0 Å². The van der Waals surface area contributed by atoms with Crippen molar-refractivity contribution in [2.75, 3.05) is 19.8 Å². The molecule has 0 bridgehead atoms. The summed E-state index contributed by atoms with van der Waals surface area (Å²) in [5.41, 5.74) is 5.65. The van der Waals surface area contributed by atoms with E-state index in [-0.39, 0.29) is 29.3 Å². The van der Waals surface area contributed by atoms with Crippen molar-refractivity contribution in [1.29, 1.82) is 0 Å². The van der Waals surface area contributed by atoms with Gasteiger partial charge < -0.3 is 15.2 Å². The van der Waals surface area contributed by atoms with Gasteiger partial charge in [-0.2, -0.15) is 0 Å². The van der Waals surface area contributed by atoms with Crippen LogP contribution in [0.5, 0.6) is 5.75 Å². The first-order valence-corrected chi connectivity index (χ1v) is 10.0. The molecule has 2 rings (SSSR count). The van der Waals surface area contributed by atoms with Crippen LogP contribution in [0.3, 0.4) is 0 Å². The fourth-order valence-corrected chi connectivity index (χ4v) is 3.88. The highest BCUT2D eigenvalue weighted by molar-refractivity contribution is 7.89. The van der Waals surface area contributed by atoms with Crippen LogP contribution in [0.15, 0.2) is 23.1 Å². The maximum Gasteiger partial charge on any atom is 0.244 e. The molecule has 3 N–H and O–H groups in total. The largest absolute Gasteiger partial charge is 0.489 e. The van der Waals surface area contributed by atoms with Crippen molar-refractivity contribution in [1.82, 2.24) is 4.72 Å². The Balaban J connectivity index is 2.08. The summed E-state index contributed by atoms with van der Waals surface area (Å²) < 4.78 is 38.9. The van der Waals surface area contributed by atoms with Gasteiger partial charge in [0.05, 0.1) is 6.10 Å². The van der Waals surface area contributed by atoms with Crippen molar-refractivity contribution in [2.24, 2.45) is 5.73 Å². The smallest absolute Gasteiger partial charge is 0.244 e. The Labute approximate surface area is 148 Å². The monoisotopic (exact) mass is 376 g/mol. The lowest BCUT2D eigenvalue weighted by molar-refractivity contribution is -0.0116. The number of rotatable bonds is 8. The van der Waals surface area contributed by atoms with Crippen molar-refractivity contribution in [3.63, 3.8) is 0 Å². The first-order valence-electron chi connectivity index (χ1n) is 8.17. The Morgan fingerprint density at radius 1 is 1.46 bits per heavy atom. The molecular weight excluding hydrogens is 352 g/mol. The Kier molecular flexibility index (Phi) is 7.31. The van der Waals surface area contributed by atoms with Crippen LogP contribution in [-0.4, -0.2) is 40.3 Å². The summed E-state index contributed by atoms with van der Waals surface area (Å²) >= 11 is 5.96. The minimum atomic E-state index is -3.72. The van der Waals surface area contributed by atoms with Gasteiger partial charge in [0, 0.05) is 24.2 Å². The third-order valence-electron chi connectivity index (χ3n) is 3.79. The fraction of sp³-hybridized carbons (Fsp3) is 0.625. The van der Waals surface area contributed by atoms with Crippen LogP contribution in [0.1, 0.15) is 32.6 Å². The molecule has 6 nitrogen and oxygen atoms in total. The van der Waals surface area contributed by atoms with Crippen LogP contribution >= 0.6 is 11.6 Å². The van der Waals surface area contributed by atoms with Crippen LogP contribution in [0.4, 0.5) is 0 Å². The Bertz CT molecular complexity index is 631. The minimum Gasteiger partial charge on any atom is -0.489 e. The van der Waals surface area contributed by atoms with E-state index < -0.39 is 10.0 Å². The van der Waals surface area contributed by atoms with E-state index in [0.717, 1.165) is 25.9 Å². The summed E-state index contributed by atoms with van der Waals surface area (Å²) in [6, 6.07) is 4.50. The first kappa shape index (κ1) is 19.5. The van der Waals surface area contributed by atoms with Crippen LogP contribution in [0.2, 0.25) is 5.02 Å². The topological polar surface area (TPSA) is 90.7 Å². The predicted octanol–water partition coefficient (Wildman–Crippen LogP) is 2.30. The number of halogens is 1. The minimum absolute atomic E-state index is 0.00367. The second-order valence-electron chi connectivity index (χ2n) is 6.05. The molecular formula is C16H25ClN2O4S. The molecule has 0 aliphatic carbocycles. The standard InChI is InChI=1S/C16H25ClN2O4S/c1-12(18)7-8-19-24(20,21)16-10-13(17)5-6-15(16)23-11-14-4-2-3-9-22-14/h5-6,10,12,14,19H,2-4,7-9,11,18H2,1H3. The highest BCUT2D eigenvalue weighted by Crippen LogP contribution is 2.28. The van der Waals surface area contributed by atoms with Gasteiger partial charge in [0.15, 0.2) is 0 Å². The average Bonchev–Trinajstić information content (AvgIpc) is 2.54. The number of hydrogen-bond donors (Lipinski definition) is 2. The summed E-state index contributed by atoms with van der Waals surface area (Å²) in [6.45, 7) is 3.13. The van der Waals surface area contributed by atoms with Gasteiger partial charge in [-0.25, -0.2) is 13.1 Å². The summed E-state index contributed by atoms with van der Waals surface area (Å²) in [7, 11) is -3.72. The van der Waals surface area contributed by atoms with E-state index in [1.807, 2.05) is 6.92 Å². The number of hydrogen-bond acceptors (Lipinski definition) is 5. The molecule has 2 unspecified atom stereocenters. The van der Waals surface area contributed by atoms with Crippen LogP contribution in [-0.2, 0) is 14.8 Å². The van der Waals surface area contributed by atoms with E-state index in [1.54, 1.807) is 12.1 Å². The zero-order chi connectivity index (χ0) is 17.6. The molecule has 136 valence electrons. The van der Waals surface area contributed by atoms with E-state index >= 15 is 0 Å². The molecule has 0 aromatic heterocycles. The molecule has 1 aromatic carbocycles. The summed E-state index contributed by atoms with van der Waals surface area (Å²) in [5, 5.41) is 0.337. The molecule has 24 heavy (non-hydrogen) atoms. The Morgan fingerprint density at radius 3 is 2.92 bits per heavy atom.